The topological polar surface area (TPSA) is 66.1 Å². The monoisotopic (exact) mass is 295 g/mol. The van der Waals surface area contributed by atoms with Crippen LogP contribution >= 0.6 is 0 Å². The van der Waals surface area contributed by atoms with Crippen molar-refractivity contribution in [2.75, 3.05) is 11.9 Å². The van der Waals surface area contributed by atoms with Gasteiger partial charge in [0.25, 0.3) is 6.54 Å². The van der Waals surface area contributed by atoms with Gasteiger partial charge in [-0.1, -0.05) is 53.2 Å². The molecule has 2 aromatic carbocycles. The summed E-state index contributed by atoms with van der Waals surface area (Å²) in [6.45, 7) is 0.983. The summed E-state index contributed by atoms with van der Waals surface area (Å²) in [5.74, 6) is 0.282. The van der Waals surface area contributed by atoms with Crippen molar-refractivity contribution in [1.29, 1.82) is 0 Å². The zero-order valence-electron chi connectivity index (χ0n) is 11.8. The van der Waals surface area contributed by atoms with Crippen LogP contribution in [0, 0.1) is 0 Å². The first-order valence-electron chi connectivity index (χ1n) is 6.90. The van der Waals surface area contributed by atoms with E-state index in [4.69, 9.17) is 4.84 Å². The Morgan fingerprint density at radius 1 is 1.14 bits per heavy atom. The van der Waals surface area contributed by atoms with Crippen LogP contribution in [0.3, 0.4) is 0 Å². The maximum Gasteiger partial charge on any atom is 0.348 e. The molecule has 0 atom stereocenters. The van der Waals surface area contributed by atoms with Crippen LogP contribution in [0.25, 0.3) is 0 Å². The van der Waals surface area contributed by atoms with Gasteiger partial charge in [-0.3, -0.25) is 4.84 Å². The number of rotatable bonds is 3. The molecular weight excluding hydrogens is 280 g/mol. The second kappa shape index (κ2) is 6.62. The molecule has 2 amide bonds. The molecule has 0 aliphatic carbocycles. The Bertz CT molecular complexity index is 711. The maximum absolute atomic E-state index is 11.8. The van der Waals surface area contributed by atoms with E-state index in [1.807, 2.05) is 48.5 Å². The predicted octanol–water partition coefficient (Wildman–Crippen LogP) is 3.23. The van der Waals surface area contributed by atoms with Crippen LogP contribution in [-0.4, -0.2) is 23.2 Å². The lowest BCUT2D eigenvalue weighted by Crippen LogP contribution is -2.16. The van der Waals surface area contributed by atoms with Crippen LogP contribution in [0.2, 0.25) is 0 Å². The highest BCUT2D eigenvalue weighted by molar-refractivity contribution is 5.98. The summed E-state index contributed by atoms with van der Waals surface area (Å²) in [7, 11) is 0. The first-order chi connectivity index (χ1) is 10.8. The van der Waals surface area contributed by atoms with E-state index < -0.39 is 6.03 Å². The molecule has 0 spiro atoms. The van der Waals surface area contributed by atoms with E-state index in [2.05, 4.69) is 15.6 Å². The van der Waals surface area contributed by atoms with E-state index >= 15 is 0 Å². The third-order valence-corrected chi connectivity index (χ3v) is 3.04. The quantitative estimate of drug-likeness (QED) is 0.883. The number of para-hydroxylation sites is 1. The Morgan fingerprint density at radius 3 is 2.55 bits per heavy atom. The predicted molar refractivity (Wildman–Crippen MR) is 81.7 cm³/mol. The summed E-state index contributed by atoms with van der Waals surface area (Å²) in [5, 5.41) is 6.56. The zero-order valence-corrected chi connectivity index (χ0v) is 11.8. The van der Waals surface area contributed by atoms with E-state index in [0.29, 0.717) is 18.8 Å². The minimum atomic E-state index is -0.474. The lowest BCUT2D eigenvalue weighted by atomic mass is 10.2. The zero-order chi connectivity index (χ0) is 15.2. The van der Waals surface area contributed by atoms with Crippen LogP contribution in [0.5, 0.6) is 0 Å². The highest BCUT2D eigenvalue weighted by Gasteiger charge is 2.24. The summed E-state index contributed by atoms with van der Waals surface area (Å²) in [6.07, 6.45) is 0. The number of nitrogens with zero attached hydrogens (tertiary/aromatic N) is 3. The SMILES string of the molecule is O=C(N=C1C[N+](Cc2ccccc2)=NO1)Nc1ccccc1. The molecule has 0 aromatic heterocycles. The molecule has 3 rings (SSSR count). The Hall–Kier alpha value is -3.02. The van der Waals surface area contributed by atoms with E-state index in [0.717, 1.165) is 5.56 Å². The number of urea groups is 1. The van der Waals surface area contributed by atoms with Crippen molar-refractivity contribution in [3.8, 4) is 0 Å². The molecule has 0 radical (unpaired) electrons. The first kappa shape index (κ1) is 13.9. The van der Waals surface area contributed by atoms with E-state index in [1.165, 1.54) is 0 Å². The fourth-order valence-corrected chi connectivity index (χ4v) is 2.04. The molecule has 6 heteroatoms. The summed E-state index contributed by atoms with van der Waals surface area (Å²) < 4.78 is 1.71. The summed E-state index contributed by atoms with van der Waals surface area (Å²) >= 11 is 0. The summed E-state index contributed by atoms with van der Waals surface area (Å²) in [4.78, 5) is 20.8. The number of amides is 2. The van der Waals surface area contributed by atoms with Gasteiger partial charge in [0.1, 0.15) is 0 Å². The second-order valence-electron chi connectivity index (χ2n) is 4.78. The van der Waals surface area contributed by atoms with Crippen molar-refractivity contribution in [2.24, 2.45) is 10.3 Å². The molecule has 0 bridgehead atoms. The highest BCUT2D eigenvalue weighted by atomic mass is 16.7. The third kappa shape index (κ3) is 3.76. The number of nitrogens with one attached hydrogen (secondary N) is 1. The van der Waals surface area contributed by atoms with Crippen LogP contribution in [0.15, 0.2) is 70.9 Å². The molecule has 110 valence electrons. The minimum absolute atomic E-state index is 0.282. The van der Waals surface area contributed by atoms with Gasteiger partial charge in [-0.2, -0.15) is 4.99 Å². The lowest BCUT2D eigenvalue weighted by molar-refractivity contribution is -0.600. The maximum atomic E-state index is 11.8. The molecule has 6 nitrogen and oxygen atoms in total. The van der Waals surface area contributed by atoms with Crippen LogP contribution in [-0.2, 0) is 11.4 Å². The van der Waals surface area contributed by atoms with Crippen LogP contribution < -0.4 is 5.32 Å². The van der Waals surface area contributed by atoms with Gasteiger partial charge >= 0.3 is 11.9 Å². The third-order valence-electron chi connectivity index (χ3n) is 3.04. The highest BCUT2D eigenvalue weighted by Crippen LogP contribution is 2.08. The van der Waals surface area contributed by atoms with Gasteiger partial charge in [-0.05, 0) is 12.1 Å². The molecule has 0 unspecified atom stereocenters. The average molecular weight is 295 g/mol. The fourth-order valence-electron chi connectivity index (χ4n) is 2.04. The van der Waals surface area contributed by atoms with E-state index in [1.54, 1.807) is 16.8 Å². The van der Waals surface area contributed by atoms with Crippen molar-refractivity contribution >= 4 is 17.6 Å². The van der Waals surface area contributed by atoms with Crippen LogP contribution in [0.1, 0.15) is 5.56 Å². The van der Waals surface area contributed by atoms with E-state index in [9.17, 15) is 4.79 Å². The molecule has 2 aromatic rings. The normalized spacial score (nSPS) is 15.3. The Labute approximate surface area is 127 Å². The van der Waals surface area contributed by atoms with E-state index in [-0.39, 0.29) is 5.90 Å². The van der Waals surface area contributed by atoms with Crippen molar-refractivity contribution < 1.29 is 14.3 Å². The van der Waals surface area contributed by atoms with Crippen molar-refractivity contribution in [3.05, 3.63) is 66.2 Å². The Balaban J connectivity index is 1.56. The fraction of sp³-hybridized carbons (Fsp3) is 0.125. The molecule has 1 heterocycles. The lowest BCUT2D eigenvalue weighted by Gasteiger charge is -1.99. The van der Waals surface area contributed by atoms with Crippen molar-refractivity contribution in [2.45, 2.75) is 6.54 Å². The number of carbonyl (C=O) groups excluding carboxylic acids is 1. The number of anilines is 1. The van der Waals surface area contributed by atoms with Gasteiger partial charge in [0.05, 0.1) is 0 Å². The minimum Gasteiger partial charge on any atom is -0.306 e. The number of aliphatic imine (C=N–C) groups is 1. The van der Waals surface area contributed by atoms with Gasteiger partial charge < -0.3 is 5.32 Å². The molecule has 0 fully saturated rings. The average Bonchev–Trinajstić information content (AvgIpc) is 2.96. The summed E-state index contributed by atoms with van der Waals surface area (Å²) in [5.41, 5.74) is 1.80. The van der Waals surface area contributed by atoms with Gasteiger partial charge in [0.15, 0.2) is 11.8 Å². The molecule has 22 heavy (non-hydrogen) atoms. The molecule has 1 aliphatic heterocycles. The van der Waals surface area contributed by atoms with Crippen LogP contribution in [0.4, 0.5) is 10.5 Å². The molecule has 0 saturated carbocycles. The van der Waals surface area contributed by atoms with Crippen molar-refractivity contribution in [3.63, 3.8) is 0 Å². The Morgan fingerprint density at radius 2 is 1.82 bits per heavy atom. The summed E-state index contributed by atoms with van der Waals surface area (Å²) in [6, 6.07) is 18.6. The number of hydrogen-bond acceptors (Lipinski definition) is 3. The first-order valence-corrected chi connectivity index (χ1v) is 6.90. The standard InChI is InChI=1S/C16H14N4O2/c21-16(17-14-9-5-2-6-10-14)18-15-12-20(19-22-15)11-13-7-3-1-4-8-13/h1-10H,11-12H2/p+1. The number of hydrogen-bond donors (Lipinski definition) is 1. The molecule has 1 aliphatic rings. The molecule has 0 saturated heterocycles. The van der Waals surface area contributed by atoms with Gasteiger partial charge in [-0.25, -0.2) is 4.79 Å². The van der Waals surface area contributed by atoms with Gasteiger partial charge in [0, 0.05) is 11.3 Å². The largest absolute Gasteiger partial charge is 0.348 e. The number of benzene rings is 2. The van der Waals surface area contributed by atoms with Gasteiger partial charge in [0.2, 0.25) is 0 Å². The molecular formula is C16H15N4O2+. The van der Waals surface area contributed by atoms with Crippen molar-refractivity contribution in [1.82, 2.24) is 0 Å². The second-order valence-corrected chi connectivity index (χ2v) is 4.78. The number of carbonyl (C=O) groups is 1. The Kier molecular flexibility index (Phi) is 4.20. The van der Waals surface area contributed by atoms with Gasteiger partial charge in [-0.15, -0.1) is 0 Å². The molecule has 1 N–H and O–H groups in total. The smallest absolute Gasteiger partial charge is 0.306 e.